The van der Waals surface area contributed by atoms with Crippen molar-refractivity contribution in [3.63, 3.8) is 0 Å². The van der Waals surface area contributed by atoms with Gasteiger partial charge in [-0.2, -0.15) is 0 Å². The lowest BCUT2D eigenvalue weighted by Crippen LogP contribution is -2.29. The van der Waals surface area contributed by atoms with Crippen LogP contribution in [0.2, 0.25) is 0 Å². The molecule has 0 bridgehead atoms. The molecule has 0 fully saturated rings. The second kappa shape index (κ2) is 25.1. The van der Waals surface area contributed by atoms with Crippen molar-refractivity contribution in [3.8, 4) is 0 Å². The third kappa shape index (κ3) is 14.0. The Bertz CT molecular complexity index is 3040. The van der Waals surface area contributed by atoms with Crippen LogP contribution in [0.4, 0.5) is 62.6 Å². The van der Waals surface area contributed by atoms with E-state index in [-0.39, 0.29) is 10.8 Å². The molecule has 0 radical (unpaired) electrons. The largest absolute Gasteiger partial charge is 0.345 e. The normalized spacial score (nSPS) is 12.8. The molecular formula is C71H75N5. The lowest BCUT2D eigenvalue weighted by atomic mass is 9.87. The number of anilines is 11. The van der Waals surface area contributed by atoms with E-state index < -0.39 is 0 Å². The first-order valence-corrected chi connectivity index (χ1v) is 26.5. The molecule has 0 aliphatic heterocycles. The van der Waals surface area contributed by atoms with E-state index in [1.807, 2.05) is 12.1 Å². The SMILES string of the molecule is CN(c1ccc(C(C)(C)C)cc1)c1ccc(C(C)(C)C)cc1.CN(c1ccc(N(c2ccccc2)c2ccccc2)cc1)c1ccc(N(c2ccccc2)C2C=CC=CC2)cc1.CN(c1ccccc1)c1ccccc1. The van der Waals surface area contributed by atoms with Gasteiger partial charge >= 0.3 is 0 Å². The minimum atomic E-state index is 0.200. The fraction of sp³-hybridized carbons (Fsp3) is 0.183. The van der Waals surface area contributed by atoms with Crippen molar-refractivity contribution in [1.82, 2.24) is 0 Å². The molecule has 76 heavy (non-hydrogen) atoms. The zero-order chi connectivity index (χ0) is 53.5. The van der Waals surface area contributed by atoms with Gasteiger partial charge in [0.25, 0.3) is 0 Å². The average Bonchev–Trinajstić information content (AvgIpc) is 3.47. The Balaban J connectivity index is 0.000000177. The number of benzene rings is 9. The van der Waals surface area contributed by atoms with Gasteiger partial charge < -0.3 is 24.5 Å². The van der Waals surface area contributed by atoms with Crippen LogP contribution >= 0.6 is 0 Å². The van der Waals surface area contributed by atoms with Gasteiger partial charge in [0.1, 0.15) is 0 Å². The van der Waals surface area contributed by atoms with E-state index in [2.05, 4.69) is 348 Å². The van der Waals surface area contributed by atoms with Crippen molar-refractivity contribution in [1.29, 1.82) is 0 Å². The summed E-state index contributed by atoms with van der Waals surface area (Å²) in [4.78, 5) is 11.3. The smallest absolute Gasteiger partial charge is 0.0559 e. The highest BCUT2D eigenvalue weighted by atomic mass is 15.2. The molecule has 1 unspecified atom stereocenters. The first-order valence-electron chi connectivity index (χ1n) is 26.5. The average molecular weight is 998 g/mol. The lowest BCUT2D eigenvalue weighted by Gasteiger charge is -2.33. The van der Waals surface area contributed by atoms with Crippen LogP contribution in [0.15, 0.2) is 273 Å². The molecule has 0 saturated carbocycles. The third-order valence-electron chi connectivity index (χ3n) is 13.9. The van der Waals surface area contributed by atoms with Gasteiger partial charge in [0.05, 0.1) is 6.04 Å². The van der Waals surface area contributed by atoms with E-state index in [4.69, 9.17) is 0 Å². The molecule has 1 atom stereocenters. The summed E-state index contributed by atoms with van der Waals surface area (Å²) >= 11 is 0. The van der Waals surface area contributed by atoms with Crippen molar-refractivity contribution in [2.45, 2.75) is 64.8 Å². The van der Waals surface area contributed by atoms with Gasteiger partial charge in [-0.15, -0.1) is 0 Å². The van der Waals surface area contributed by atoms with Crippen molar-refractivity contribution in [2.75, 3.05) is 45.6 Å². The van der Waals surface area contributed by atoms with Crippen molar-refractivity contribution in [3.05, 3.63) is 284 Å². The Kier molecular flexibility index (Phi) is 17.8. The number of allylic oxidation sites excluding steroid dienone is 2. The van der Waals surface area contributed by atoms with Crippen molar-refractivity contribution in [2.24, 2.45) is 0 Å². The molecule has 0 spiro atoms. The van der Waals surface area contributed by atoms with Gasteiger partial charge in [-0.25, -0.2) is 0 Å². The molecule has 10 rings (SSSR count). The topological polar surface area (TPSA) is 16.2 Å². The molecule has 0 saturated heterocycles. The van der Waals surface area contributed by atoms with Gasteiger partial charge in [0, 0.05) is 83.7 Å². The molecule has 5 nitrogen and oxygen atoms in total. The molecule has 0 amide bonds. The summed E-state index contributed by atoms with van der Waals surface area (Å²) in [7, 11) is 6.32. The fourth-order valence-electron chi connectivity index (χ4n) is 9.26. The van der Waals surface area contributed by atoms with E-state index in [1.165, 1.54) is 45.3 Å². The highest BCUT2D eigenvalue weighted by Crippen LogP contribution is 2.38. The molecule has 1 aliphatic rings. The molecule has 0 heterocycles. The minimum absolute atomic E-state index is 0.200. The maximum atomic E-state index is 2.42. The second-order valence-corrected chi connectivity index (χ2v) is 21.3. The summed E-state index contributed by atoms with van der Waals surface area (Å²) in [5.41, 5.74) is 16.0. The molecule has 9 aromatic rings. The predicted molar refractivity (Wildman–Crippen MR) is 330 cm³/mol. The Morgan fingerprint density at radius 2 is 0.539 bits per heavy atom. The highest BCUT2D eigenvalue weighted by molar-refractivity contribution is 5.78. The maximum absolute atomic E-state index is 2.42. The molecule has 0 N–H and O–H groups in total. The van der Waals surface area contributed by atoms with Crippen LogP contribution in [0.1, 0.15) is 59.1 Å². The van der Waals surface area contributed by atoms with E-state index in [9.17, 15) is 0 Å². The molecule has 5 heteroatoms. The van der Waals surface area contributed by atoms with E-state index in [0.29, 0.717) is 6.04 Å². The first kappa shape index (κ1) is 53.7. The Morgan fingerprint density at radius 3 is 0.855 bits per heavy atom. The van der Waals surface area contributed by atoms with Crippen LogP contribution in [0.5, 0.6) is 0 Å². The quantitative estimate of drug-likeness (QED) is 0.121. The first-order chi connectivity index (χ1) is 36.7. The molecule has 1 aliphatic carbocycles. The van der Waals surface area contributed by atoms with Gasteiger partial charge in [0.2, 0.25) is 0 Å². The predicted octanol–water partition coefficient (Wildman–Crippen LogP) is 19.5. The zero-order valence-corrected chi connectivity index (χ0v) is 46.0. The van der Waals surface area contributed by atoms with Gasteiger partial charge in [0.15, 0.2) is 0 Å². The van der Waals surface area contributed by atoms with Crippen LogP contribution in [-0.4, -0.2) is 27.2 Å². The molecule has 0 aromatic heterocycles. The molecular weight excluding hydrogens is 923 g/mol. The van der Waals surface area contributed by atoms with E-state index in [0.717, 1.165) is 34.9 Å². The van der Waals surface area contributed by atoms with Crippen molar-refractivity contribution >= 4 is 62.6 Å². The van der Waals surface area contributed by atoms with Crippen LogP contribution < -0.4 is 24.5 Å². The summed E-state index contributed by atoms with van der Waals surface area (Å²) in [6.45, 7) is 13.5. The van der Waals surface area contributed by atoms with Crippen LogP contribution in [0.3, 0.4) is 0 Å². The number of hydrogen-bond donors (Lipinski definition) is 0. The standard InChI is InChI=1S/C37H33N3.C21H29N.C13H13N/c1-38(30-22-26-36(27-23-30)39(32-14-6-2-7-15-32)33-16-8-3-9-17-33)31-24-28-37(29-25-31)40(34-18-10-4-11-19-34)35-20-12-5-13-21-35;1-20(2,3)16-8-12-18(13-9-16)22(7)19-14-10-17(11-15-19)21(4,5)6;1-14(12-8-4-2-5-9-12)13-10-6-3-7-11-13/h2-20,22-29,35H,21H2,1H3;8-15H,1-7H3;2-11H,1H3. The second-order valence-electron chi connectivity index (χ2n) is 21.3. The highest BCUT2D eigenvalue weighted by Gasteiger charge is 2.20. The van der Waals surface area contributed by atoms with Gasteiger partial charge in [-0.05, 0) is 162 Å². The summed E-state index contributed by atoms with van der Waals surface area (Å²) in [6.07, 6.45) is 9.78. The number of hydrogen-bond acceptors (Lipinski definition) is 5. The summed E-state index contributed by atoms with van der Waals surface area (Å²) < 4.78 is 0. The summed E-state index contributed by atoms with van der Waals surface area (Å²) in [5.74, 6) is 0. The Hall–Kier alpha value is -8.54. The fourth-order valence-corrected chi connectivity index (χ4v) is 9.26. The minimum Gasteiger partial charge on any atom is -0.345 e. The summed E-state index contributed by atoms with van der Waals surface area (Å²) in [6, 6.07) is 88.0. The third-order valence-corrected chi connectivity index (χ3v) is 13.9. The maximum Gasteiger partial charge on any atom is 0.0559 e. The lowest BCUT2D eigenvalue weighted by molar-refractivity contribution is 0.590. The Labute approximate surface area is 455 Å². The van der Waals surface area contributed by atoms with Crippen LogP contribution in [-0.2, 0) is 10.8 Å². The number of para-hydroxylation sites is 5. The van der Waals surface area contributed by atoms with Gasteiger partial charge in [-0.3, -0.25) is 0 Å². The van der Waals surface area contributed by atoms with E-state index in [1.54, 1.807) is 0 Å². The Morgan fingerprint density at radius 1 is 0.289 bits per heavy atom. The van der Waals surface area contributed by atoms with E-state index >= 15 is 0 Å². The van der Waals surface area contributed by atoms with Crippen LogP contribution in [0, 0.1) is 0 Å². The molecule has 9 aromatic carbocycles. The molecule has 384 valence electrons. The number of rotatable bonds is 12. The zero-order valence-electron chi connectivity index (χ0n) is 46.0. The van der Waals surface area contributed by atoms with Crippen LogP contribution in [0.25, 0.3) is 0 Å². The van der Waals surface area contributed by atoms with Crippen molar-refractivity contribution < 1.29 is 0 Å². The summed E-state index contributed by atoms with van der Waals surface area (Å²) in [5, 5.41) is 0. The monoisotopic (exact) mass is 998 g/mol. The van der Waals surface area contributed by atoms with Gasteiger partial charge in [-0.1, -0.05) is 181 Å². The number of nitrogens with zero attached hydrogens (tertiary/aromatic N) is 5.